The van der Waals surface area contributed by atoms with Crippen LogP contribution in [0.1, 0.15) is 23.0 Å². The zero-order valence-electron chi connectivity index (χ0n) is 14.5. The largest absolute Gasteiger partial charge is 0.497 e. The monoisotopic (exact) mass is 336 g/mol. The van der Waals surface area contributed by atoms with Crippen LogP contribution >= 0.6 is 0 Å². The second-order valence-electron chi connectivity index (χ2n) is 5.61. The molecule has 0 N–H and O–H groups in total. The highest BCUT2D eigenvalue weighted by Crippen LogP contribution is 2.24. The molecule has 0 bridgehead atoms. The molecule has 2 aromatic carbocycles. The van der Waals surface area contributed by atoms with Crippen molar-refractivity contribution >= 4 is 5.97 Å². The molecule has 0 aliphatic carbocycles. The third-order valence-electron chi connectivity index (χ3n) is 3.86. The van der Waals surface area contributed by atoms with Gasteiger partial charge in [0, 0.05) is 5.56 Å². The maximum atomic E-state index is 12.3. The number of aryl methyl sites for hydroxylation is 1. The van der Waals surface area contributed by atoms with Crippen LogP contribution < -0.4 is 4.74 Å². The first-order chi connectivity index (χ1) is 12.1. The van der Waals surface area contributed by atoms with Gasteiger partial charge in [0.2, 0.25) is 0 Å². The van der Waals surface area contributed by atoms with Gasteiger partial charge in [-0.15, -0.1) is 0 Å². The van der Waals surface area contributed by atoms with Crippen LogP contribution in [0.15, 0.2) is 54.6 Å². The van der Waals surface area contributed by atoms with Crippen LogP contribution in [0.5, 0.6) is 5.75 Å². The number of benzene rings is 2. The van der Waals surface area contributed by atoms with Crippen LogP contribution in [0, 0.1) is 6.92 Å². The van der Waals surface area contributed by atoms with E-state index in [1.807, 2.05) is 55.5 Å². The molecule has 0 amide bonds. The van der Waals surface area contributed by atoms with Crippen molar-refractivity contribution in [3.8, 4) is 22.7 Å². The smallest absolute Gasteiger partial charge is 0.357 e. The average molecular weight is 336 g/mol. The van der Waals surface area contributed by atoms with E-state index in [4.69, 9.17) is 9.47 Å². The van der Waals surface area contributed by atoms with E-state index in [2.05, 4.69) is 5.10 Å². The van der Waals surface area contributed by atoms with Crippen molar-refractivity contribution in [2.75, 3.05) is 13.7 Å². The Morgan fingerprint density at radius 1 is 1.08 bits per heavy atom. The number of carbonyl (C=O) groups excluding carboxylic acids is 1. The molecule has 1 heterocycles. The van der Waals surface area contributed by atoms with Crippen molar-refractivity contribution < 1.29 is 14.3 Å². The van der Waals surface area contributed by atoms with E-state index in [0.717, 1.165) is 22.6 Å². The average Bonchev–Trinajstić information content (AvgIpc) is 3.08. The summed E-state index contributed by atoms with van der Waals surface area (Å²) < 4.78 is 12.0. The van der Waals surface area contributed by atoms with Crippen LogP contribution in [0.3, 0.4) is 0 Å². The number of aromatic nitrogens is 2. The second-order valence-corrected chi connectivity index (χ2v) is 5.61. The summed E-state index contributed by atoms with van der Waals surface area (Å²) in [6.45, 7) is 4.12. The van der Waals surface area contributed by atoms with E-state index < -0.39 is 5.97 Å². The van der Waals surface area contributed by atoms with Gasteiger partial charge < -0.3 is 9.47 Å². The summed E-state index contributed by atoms with van der Waals surface area (Å²) >= 11 is 0. The fraction of sp³-hybridized carbons (Fsp3) is 0.200. The second kappa shape index (κ2) is 7.21. The van der Waals surface area contributed by atoms with Gasteiger partial charge >= 0.3 is 5.97 Å². The number of nitrogens with zero attached hydrogens (tertiary/aromatic N) is 2. The van der Waals surface area contributed by atoms with E-state index in [1.165, 1.54) is 0 Å². The zero-order chi connectivity index (χ0) is 17.8. The number of rotatable bonds is 5. The summed E-state index contributed by atoms with van der Waals surface area (Å²) in [4.78, 5) is 12.3. The Kier molecular flexibility index (Phi) is 4.84. The van der Waals surface area contributed by atoms with E-state index in [-0.39, 0.29) is 0 Å². The van der Waals surface area contributed by atoms with E-state index in [0.29, 0.717) is 18.0 Å². The molecule has 0 fully saturated rings. The molecule has 128 valence electrons. The van der Waals surface area contributed by atoms with Gasteiger partial charge in [-0.05, 0) is 56.3 Å². The first-order valence-electron chi connectivity index (χ1n) is 8.11. The van der Waals surface area contributed by atoms with Crippen molar-refractivity contribution in [2.45, 2.75) is 13.8 Å². The number of hydrogen-bond donors (Lipinski definition) is 0. The Hall–Kier alpha value is -3.08. The van der Waals surface area contributed by atoms with Crippen molar-refractivity contribution in [2.24, 2.45) is 0 Å². The molecule has 0 radical (unpaired) electrons. The molecule has 0 atom stereocenters. The Labute approximate surface area is 146 Å². The van der Waals surface area contributed by atoms with Crippen LogP contribution in [0.4, 0.5) is 0 Å². The lowest BCUT2D eigenvalue weighted by Gasteiger charge is -2.07. The summed E-state index contributed by atoms with van der Waals surface area (Å²) in [6.07, 6.45) is 0. The molecule has 5 nitrogen and oxygen atoms in total. The molecule has 3 rings (SSSR count). The number of methoxy groups -OCH3 is 1. The van der Waals surface area contributed by atoms with Gasteiger partial charge in [0.1, 0.15) is 5.75 Å². The predicted octanol–water partition coefficient (Wildman–Crippen LogP) is 4.03. The third-order valence-corrected chi connectivity index (χ3v) is 3.86. The normalized spacial score (nSPS) is 10.5. The molecular formula is C20H20N2O3. The summed E-state index contributed by atoms with van der Waals surface area (Å²) in [7, 11) is 1.62. The van der Waals surface area contributed by atoms with Crippen LogP contribution in [0.25, 0.3) is 16.9 Å². The highest BCUT2D eigenvalue weighted by atomic mass is 16.5. The van der Waals surface area contributed by atoms with Gasteiger partial charge in [-0.1, -0.05) is 17.7 Å². The molecule has 0 spiro atoms. The Morgan fingerprint density at radius 3 is 2.36 bits per heavy atom. The molecule has 0 saturated carbocycles. The topological polar surface area (TPSA) is 53.4 Å². The summed E-state index contributed by atoms with van der Waals surface area (Å²) in [5, 5.41) is 4.61. The maximum absolute atomic E-state index is 12.3. The van der Waals surface area contributed by atoms with Gasteiger partial charge in [-0.3, -0.25) is 0 Å². The van der Waals surface area contributed by atoms with Crippen LogP contribution in [-0.2, 0) is 4.74 Å². The minimum Gasteiger partial charge on any atom is -0.497 e. The van der Waals surface area contributed by atoms with Crippen LogP contribution in [-0.4, -0.2) is 29.5 Å². The Balaban J connectivity index is 2.07. The summed E-state index contributed by atoms with van der Waals surface area (Å²) in [5.74, 6) is 0.377. The lowest BCUT2D eigenvalue weighted by molar-refractivity contribution is 0.0515. The highest BCUT2D eigenvalue weighted by Gasteiger charge is 2.18. The molecule has 0 unspecified atom stereocenters. The maximum Gasteiger partial charge on any atom is 0.357 e. The fourth-order valence-corrected chi connectivity index (χ4v) is 2.52. The number of esters is 1. The third kappa shape index (κ3) is 3.55. The highest BCUT2D eigenvalue weighted by molar-refractivity contribution is 5.89. The van der Waals surface area contributed by atoms with Gasteiger partial charge in [-0.25, -0.2) is 9.48 Å². The van der Waals surface area contributed by atoms with Crippen LogP contribution in [0.2, 0.25) is 0 Å². The van der Waals surface area contributed by atoms with E-state index >= 15 is 0 Å². The van der Waals surface area contributed by atoms with E-state index in [9.17, 15) is 4.79 Å². The SMILES string of the molecule is CCOC(=O)c1cc(-c2ccc(OC)cc2)nn1-c1ccc(C)cc1. The van der Waals surface area contributed by atoms with Gasteiger partial charge in [0.25, 0.3) is 0 Å². The van der Waals surface area contributed by atoms with Gasteiger partial charge in [0.15, 0.2) is 5.69 Å². The lowest BCUT2D eigenvalue weighted by Crippen LogP contribution is -2.11. The van der Waals surface area contributed by atoms with Crippen molar-refractivity contribution in [3.05, 3.63) is 65.9 Å². The standard InChI is InChI=1S/C20H20N2O3/c1-4-25-20(23)19-13-18(15-7-11-17(24-3)12-8-15)21-22(19)16-9-5-14(2)6-10-16/h5-13H,4H2,1-3H3. The Morgan fingerprint density at radius 2 is 1.76 bits per heavy atom. The summed E-state index contributed by atoms with van der Waals surface area (Å²) in [5.41, 5.74) is 3.96. The summed E-state index contributed by atoms with van der Waals surface area (Å²) in [6, 6.07) is 17.1. The first kappa shape index (κ1) is 16.8. The molecular weight excluding hydrogens is 316 g/mol. The lowest BCUT2D eigenvalue weighted by atomic mass is 10.1. The Bertz CT molecular complexity index is 865. The minimum absolute atomic E-state index is 0.315. The molecule has 25 heavy (non-hydrogen) atoms. The number of hydrogen-bond acceptors (Lipinski definition) is 4. The first-order valence-corrected chi connectivity index (χ1v) is 8.11. The van der Waals surface area contributed by atoms with Crippen molar-refractivity contribution in [1.29, 1.82) is 0 Å². The minimum atomic E-state index is -0.393. The fourth-order valence-electron chi connectivity index (χ4n) is 2.52. The van der Waals surface area contributed by atoms with Gasteiger partial charge in [-0.2, -0.15) is 5.10 Å². The molecule has 0 aliphatic rings. The molecule has 0 aliphatic heterocycles. The molecule has 1 aromatic heterocycles. The van der Waals surface area contributed by atoms with E-state index in [1.54, 1.807) is 24.8 Å². The molecule has 3 aromatic rings. The number of carbonyl (C=O) groups is 1. The van der Waals surface area contributed by atoms with Crippen molar-refractivity contribution in [1.82, 2.24) is 9.78 Å². The number of ether oxygens (including phenoxy) is 2. The molecule has 5 heteroatoms. The quantitative estimate of drug-likeness (QED) is 0.660. The van der Waals surface area contributed by atoms with Crippen molar-refractivity contribution in [3.63, 3.8) is 0 Å². The van der Waals surface area contributed by atoms with Gasteiger partial charge in [0.05, 0.1) is 25.1 Å². The predicted molar refractivity (Wildman–Crippen MR) is 96.2 cm³/mol. The molecule has 0 saturated heterocycles. The zero-order valence-corrected chi connectivity index (χ0v) is 14.5.